The van der Waals surface area contributed by atoms with Crippen molar-refractivity contribution in [2.45, 2.75) is 73.0 Å². The number of benzene rings is 1. The van der Waals surface area contributed by atoms with Crippen molar-refractivity contribution in [3.8, 4) is 17.7 Å². The van der Waals surface area contributed by atoms with Crippen molar-refractivity contribution in [3.63, 3.8) is 0 Å². The highest BCUT2D eigenvalue weighted by atomic mass is 16.5. The molecule has 0 radical (unpaired) electrons. The summed E-state index contributed by atoms with van der Waals surface area (Å²) in [6.07, 6.45) is 2.73. The predicted molar refractivity (Wildman–Crippen MR) is 116 cm³/mol. The fourth-order valence-electron chi connectivity index (χ4n) is 3.45. The maximum atomic E-state index is 13.2. The fourth-order valence-corrected chi connectivity index (χ4v) is 3.45. The second-order valence-corrected chi connectivity index (χ2v) is 7.65. The van der Waals surface area contributed by atoms with Gasteiger partial charge in [-0.25, -0.2) is 0 Å². The summed E-state index contributed by atoms with van der Waals surface area (Å²) in [6.45, 7) is 9.32. The van der Waals surface area contributed by atoms with E-state index in [1.165, 1.54) is 6.92 Å². The number of rotatable bonds is 9. The van der Waals surface area contributed by atoms with Crippen molar-refractivity contribution >= 4 is 5.78 Å². The summed E-state index contributed by atoms with van der Waals surface area (Å²) in [5, 5.41) is 20.3. The molecule has 0 aliphatic rings. The smallest absolute Gasteiger partial charge is 0.271 e. The number of carbonyl (C=O) groups is 1. The van der Waals surface area contributed by atoms with Gasteiger partial charge in [0.15, 0.2) is 6.10 Å². The number of nitriles is 1. The normalized spacial score (nSPS) is 11.7. The third-order valence-electron chi connectivity index (χ3n) is 5.51. The van der Waals surface area contributed by atoms with E-state index in [0.29, 0.717) is 12.2 Å². The average molecular weight is 411 g/mol. The zero-order valence-electron chi connectivity index (χ0n) is 18.4. The summed E-state index contributed by atoms with van der Waals surface area (Å²) in [5.41, 5.74) is 1.44. The van der Waals surface area contributed by atoms with E-state index in [9.17, 15) is 20.0 Å². The minimum absolute atomic E-state index is 0.0283. The molecule has 0 saturated carbocycles. The molecular formula is C24H30N2O4. The molecule has 2 aromatic rings. The number of nitrogens with zero attached hydrogens (tertiary/aromatic N) is 2. The van der Waals surface area contributed by atoms with Crippen molar-refractivity contribution in [1.29, 1.82) is 5.26 Å². The van der Waals surface area contributed by atoms with E-state index in [0.717, 1.165) is 35.0 Å². The standard InChI is InChI=1S/C24H30N2O4/c1-6-7-8-9-13-26-23(28)19(14-25)17(4)21(24(26)29)22(27)18(5)30-20-12-10-11-15(2)16(20)3/h10-12,18,29H,6-9,13H2,1-5H3. The topological polar surface area (TPSA) is 92.3 Å². The number of pyridine rings is 1. The Balaban J connectivity index is 2.43. The van der Waals surface area contributed by atoms with Gasteiger partial charge in [0.2, 0.25) is 11.7 Å². The fraction of sp³-hybridized carbons (Fsp3) is 0.458. The van der Waals surface area contributed by atoms with Gasteiger partial charge in [-0.1, -0.05) is 38.3 Å². The molecule has 0 amide bonds. The van der Waals surface area contributed by atoms with Crippen molar-refractivity contribution in [1.82, 2.24) is 4.57 Å². The van der Waals surface area contributed by atoms with E-state index in [1.807, 2.05) is 32.0 Å². The Hall–Kier alpha value is -3.07. The van der Waals surface area contributed by atoms with Gasteiger partial charge in [0.25, 0.3) is 5.56 Å². The largest absolute Gasteiger partial charge is 0.494 e. The number of unbranched alkanes of at least 4 members (excludes halogenated alkanes) is 3. The summed E-state index contributed by atoms with van der Waals surface area (Å²) in [6, 6.07) is 7.49. The summed E-state index contributed by atoms with van der Waals surface area (Å²) in [4.78, 5) is 25.8. The first kappa shape index (κ1) is 23.2. The van der Waals surface area contributed by atoms with Gasteiger partial charge in [-0.3, -0.25) is 14.2 Å². The van der Waals surface area contributed by atoms with Gasteiger partial charge in [0.05, 0.1) is 5.56 Å². The van der Waals surface area contributed by atoms with Crippen molar-refractivity contribution < 1.29 is 14.6 Å². The second-order valence-electron chi connectivity index (χ2n) is 7.65. The van der Waals surface area contributed by atoms with E-state index in [1.54, 1.807) is 13.0 Å². The zero-order chi connectivity index (χ0) is 22.4. The first-order valence-corrected chi connectivity index (χ1v) is 10.4. The number of aromatic hydroxyl groups is 1. The predicted octanol–water partition coefficient (Wildman–Crippen LogP) is 4.58. The first-order valence-electron chi connectivity index (χ1n) is 10.4. The second kappa shape index (κ2) is 10.1. The molecule has 160 valence electrons. The van der Waals surface area contributed by atoms with Gasteiger partial charge in [-0.2, -0.15) is 5.26 Å². The van der Waals surface area contributed by atoms with Gasteiger partial charge in [0, 0.05) is 6.54 Å². The maximum Gasteiger partial charge on any atom is 0.271 e. The third kappa shape index (κ3) is 4.73. The Morgan fingerprint density at radius 2 is 1.90 bits per heavy atom. The molecule has 30 heavy (non-hydrogen) atoms. The van der Waals surface area contributed by atoms with Crippen LogP contribution < -0.4 is 10.3 Å². The molecule has 1 N–H and O–H groups in total. The van der Waals surface area contributed by atoms with Crippen LogP contribution >= 0.6 is 0 Å². The van der Waals surface area contributed by atoms with Crippen LogP contribution in [0.2, 0.25) is 0 Å². The zero-order valence-corrected chi connectivity index (χ0v) is 18.4. The van der Waals surface area contributed by atoms with E-state index >= 15 is 0 Å². The Labute approximate surface area is 177 Å². The number of hydrogen-bond donors (Lipinski definition) is 1. The first-order chi connectivity index (χ1) is 14.2. The minimum atomic E-state index is -0.896. The van der Waals surface area contributed by atoms with Gasteiger partial charge >= 0.3 is 0 Å². The molecule has 0 bridgehead atoms. The molecule has 1 aromatic heterocycles. The van der Waals surface area contributed by atoms with Gasteiger partial charge in [-0.15, -0.1) is 0 Å². The Morgan fingerprint density at radius 3 is 2.53 bits per heavy atom. The molecule has 0 aliphatic carbocycles. The summed E-state index contributed by atoms with van der Waals surface area (Å²) in [5.74, 6) is -0.277. The molecule has 2 rings (SSSR count). The Kier molecular flexibility index (Phi) is 7.82. The monoisotopic (exact) mass is 410 g/mol. The molecule has 6 heteroatoms. The van der Waals surface area contributed by atoms with Crippen LogP contribution in [0.3, 0.4) is 0 Å². The molecule has 1 unspecified atom stereocenters. The highest BCUT2D eigenvalue weighted by Crippen LogP contribution is 2.27. The minimum Gasteiger partial charge on any atom is -0.494 e. The van der Waals surface area contributed by atoms with Crippen LogP contribution in [0, 0.1) is 32.1 Å². The number of ether oxygens (including phenoxy) is 1. The van der Waals surface area contributed by atoms with Crippen molar-refractivity contribution in [2.75, 3.05) is 0 Å². The number of aromatic nitrogens is 1. The highest BCUT2D eigenvalue weighted by Gasteiger charge is 2.28. The van der Waals surface area contributed by atoms with Gasteiger partial charge in [0.1, 0.15) is 17.4 Å². The summed E-state index contributed by atoms with van der Waals surface area (Å²) in [7, 11) is 0. The molecular weight excluding hydrogens is 380 g/mol. The number of hydrogen-bond acceptors (Lipinski definition) is 5. The summed E-state index contributed by atoms with van der Waals surface area (Å²) < 4.78 is 7.02. The number of ketones is 1. The average Bonchev–Trinajstić information content (AvgIpc) is 2.71. The van der Waals surface area contributed by atoms with Crippen LogP contribution in [0.5, 0.6) is 11.6 Å². The van der Waals surface area contributed by atoms with E-state index in [2.05, 4.69) is 6.92 Å². The quantitative estimate of drug-likeness (QED) is 0.482. The third-order valence-corrected chi connectivity index (χ3v) is 5.51. The molecule has 1 heterocycles. The SMILES string of the molecule is CCCCCCn1c(O)c(C(=O)C(C)Oc2cccc(C)c2C)c(C)c(C#N)c1=O. The molecule has 1 atom stereocenters. The van der Waals surface area contributed by atoms with Crippen LogP contribution in [0.4, 0.5) is 0 Å². The lowest BCUT2D eigenvalue weighted by molar-refractivity contribution is 0.0811. The molecule has 0 saturated heterocycles. The molecule has 0 aliphatic heterocycles. The number of aryl methyl sites for hydroxylation is 1. The maximum absolute atomic E-state index is 13.2. The molecule has 6 nitrogen and oxygen atoms in total. The van der Waals surface area contributed by atoms with Gasteiger partial charge < -0.3 is 9.84 Å². The Morgan fingerprint density at radius 1 is 1.20 bits per heavy atom. The van der Waals surface area contributed by atoms with Crippen LogP contribution in [-0.4, -0.2) is 21.6 Å². The number of Topliss-reactive ketones (excluding diaryl/α,β-unsaturated/α-hetero) is 1. The van der Waals surface area contributed by atoms with Crippen molar-refractivity contribution in [3.05, 3.63) is 56.4 Å². The lowest BCUT2D eigenvalue weighted by Gasteiger charge is -2.20. The van der Waals surface area contributed by atoms with E-state index in [-0.39, 0.29) is 23.2 Å². The van der Waals surface area contributed by atoms with E-state index in [4.69, 9.17) is 4.74 Å². The lowest BCUT2D eigenvalue weighted by Crippen LogP contribution is -2.31. The lowest BCUT2D eigenvalue weighted by atomic mass is 9.99. The van der Waals surface area contributed by atoms with Crippen LogP contribution in [0.15, 0.2) is 23.0 Å². The highest BCUT2D eigenvalue weighted by molar-refractivity contribution is 6.03. The Bertz CT molecular complexity index is 1030. The molecule has 0 spiro atoms. The molecule has 0 fully saturated rings. The van der Waals surface area contributed by atoms with Crippen LogP contribution in [-0.2, 0) is 6.54 Å². The number of carbonyl (C=O) groups excluding carboxylic acids is 1. The summed E-state index contributed by atoms with van der Waals surface area (Å²) >= 11 is 0. The van der Waals surface area contributed by atoms with Gasteiger partial charge in [-0.05, 0) is 56.9 Å². The van der Waals surface area contributed by atoms with Crippen molar-refractivity contribution in [2.24, 2.45) is 0 Å². The molecule has 1 aromatic carbocycles. The van der Waals surface area contributed by atoms with Crippen LogP contribution in [0.25, 0.3) is 0 Å². The van der Waals surface area contributed by atoms with Crippen LogP contribution in [0.1, 0.15) is 72.1 Å². The van der Waals surface area contributed by atoms with E-state index < -0.39 is 23.3 Å².